The van der Waals surface area contributed by atoms with Gasteiger partial charge < -0.3 is 4.90 Å². The Kier molecular flexibility index (Phi) is 9.91. The van der Waals surface area contributed by atoms with Gasteiger partial charge in [0.1, 0.15) is 0 Å². The third-order valence-electron chi connectivity index (χ3n) is 4.06. The smallest absolute Gasteiger partial charge is 0.000621 e. The van der Waals surface area contributed by atoms with Crippen LogP contribution in [0.5, 0.6) is 0 Å². The van der Waals surface area contributed by atoms with Crippen LogP contribution in [-0.4, -0.2) is 25.5 Å². The van der Waals surface area contributed by atoms with Crippen LogP contribution in [0.15, 0.2) is 0 Å². The Labute approximate surface area is 110 Å². The van der Waals surface area contributed by atoms with E-state index in [-0.39, 0.29) is 0 Å². The van der Waals surface area contributed by atoms with E-state index in [1.54, 1.807) is 0 Å². The van der Waals surface area contributed by atoms with E-state index in [1.807, 2.05) is 0 Å². The molecule has 1 nitrogen and oxygen atoms in total. The second-order valence-corrected chi connectivity index (χ2v) is 6.09. The molecule has 0 fully saturated rings. The summed E-state index contributed by atoms with van der Waals surface area (Å²) in [5.74, 6) is 2.72. The Morgan fingerprint density at radius 1 is 0.941 bits per heavy atom. The summed E-state index contributed by atoms with van der Waals surface area (Å²) in [6, 6.07) is 0. The molecule has 3 atom stereocenters. The fourth-order valence-electron chi connectivity index (χ4n) is 2.97. The minimum Gasteiger partial charge on any atom is -0.309 e. The van der Waals surface area contributed by atoms with Gasteiger partial charge in [0.05, 0.1) is 0 Å². The van der Waals surface area contributed by atoms with E-state index in [4.69, 9.17) is 0 Å². The van der Waals surface area contributed by atoms with Crippen LogP contribution in [0, 0.1) is 17.8 Å². The SMILES string of the molecule is CCCC(CC)CC(CN(C)C)C(C)CCC. The molecular formula is C16H35N. The molecule has 0 spiro atoms. The zero-order valence-corrected chi connectivity index (χ0v) is 13.1. The van der Waals surface area contributed by atoms with Crippen molar-refractivity contribution in [3.63, 3.8) is 0 Å². The highest BCUT2D eigenvalue weighted by atomic mass is 15.1. The monoisotopic (exact) mass is 241 g/mol. The van der Waals surface area contributed by atoms with Crippen LogP contribution in [0.3, 0.4) is 0 Å². The van der Waals surface area contributed by atoms with Crippen molar-refractivity contribution in [1.82, 2.24) is 4.90 Å². The topological polar surface area (TPSA) is 3.24 Å². The average Bonchev–Trinajstić information content (AvgIpc) is 2.27. The maximum atomic E-state index is 2.45. The van der Waals surface area contributed by atoms with Crippen molar-refractivity contribution in [1.29, 1.82) is 0 Å². The van der Waals surface area contributed by atoms with Crippen LogP contribution in [0.2, 0.25) is 0 Å². The van der Waals surface area contributed by atoms with Gasteiger partial charge in [-0.3, -0.25) is 0 Å². The van der Waals surface area contributed by atoms with Crippen LogP contribution in [0.1, 0.15) is 66.2 Å². The van der Waals surface area contributed by atoms with Crippen LogP contribution in [0.25, 0.3) is 0 Å². The molecule has 0 aromatic rings. The van der Waals surface area contributed by atoms with E-state index in [2.05, 4.69) is 46.7 Å². The summed E-state index contributed by atoms with van der Waals surface area (Å²) >= 11 is 0. The van der Waals surface area contributed by atoms with Gasteiger partial charge in [-0.1, -0.05) is 59.8 Å². The molecule has 0 aliphatic rings. The predicted octanol–water partition coefficient (Wildman–Crippen LogP) is 4.82. The van der Waals surface area contributed by atoms with Crippen molar-refractivity contribution < 1.29 is 0 Å². The lowest BCUT2D eigenvalue weighted by molar-refractivity contribution is 0.200. The molecule has 0 aliphatic heterocycles. The van der Waals surface area contributed by atoms with E-state index < -0.39 is 0 Å². The third-order valence-corrected chi connectivity index (χ3v) is 4.06. The summed E-state index contributed by atoms with van der Waals surface area (Å²) in [4.78, 5) is 2.37. The fourth-order valence-corrected chi connectivity index (χ4v) is 2.97. The minimum absolute atomic E-state index is 0.883. The van der Waals surface area contributed by atoms with Crippen LogP contribution in [-0.2, 0) is 0 Å². The first-order chi connectivity index (χ1) is 8.04. The van der Waals surface area contributed by atoms with Crippen molar-refractivity contribution in [2.75, 3.05) is 20.6 Å². The van der Waals surface area contributed by atoms with Crippen molar-refractivity contribution >= 4 is 0 Å². The molecule has 0 radical (unpaired) electrons. The molecule has 0 aromatic heterocycles. The zero-order valence-electron chi connectivity index (χ0n) is 13.1. The zero-order chi connectivity index (χ0) is 13.3. The average molecular weight is 241 g/mol. The fraction of sp³-hybridized carbons (Fsp3) is 1.00. The first-order valence-corrected chi connectivity index (χ1v) is 7.69. The van der Waals surface area contributed by atoms with E-state index in [9.17, 15) is 0 Å². The van der Waals surface area contributed by atoms with Gasteiger partial charge in [-0.25, -0.2) is 0 Å². The van der Waals surface area contributed by atoms with Crippen molar-refractivity contribution in [2.45, 2.75) is 66.2 Å². The van der Waals surface area contributed by atoms with Gasteiger partial charge >= 0.3 is 0 Å². The molecule has 104 valence electrons. The van der Waals surface area contributed by atoms with E-state index >= 15 is 0 Å². The van der Waals surface area contributed by atoms with Crippen LogP contribution < -0.4 is 0 Å². The van der Waals surface area contributed by atoms with Gasteiger partial charge in [0.2, 0.25) is 0 Å². The number of nitrogens with zero attached hydrogens (tertiary/aromatic N) is 1. The maximum absolute atomic E-state index is 2.45. The first kappa shape index (κ1) is 17.0. The molecule has 0 saturated carbocycles. The summed E-state index contributed by atoms with van der Waals surface area (Å²) in [6.07, 6.45) is 8.27. The van der Waals surface area contributed by atoms with Gasteiger partial charge in [-0.05, 0) is 38.3 Å². The summed E-state index contributed by atoms with van der Waals surface area (Å²) in [6.45, 7) is 10.7. The van der Waals surface area contributed by atoms with E-state index in [0.717, 1.165) is 17.8 Å². The van der Waals surface area contributed by atoms with Gasteiger partial charge in [-0.15, -0.1) is 0 Å². The van der Waals surface area contributed by atoms with Crippen molar-refractivity contribution in [2.24, 2.45) is 17.8 Å². The molecule has 0 aromatic carbocycles. The van der Waals surface area contributed by atoms with Crippen molar-refractivity contribution in [3.8, 4) is 0 Å². The molecular weight excluding hydrogens is 206 g/mol. The molecule has 0 bridgehead atoms. The molecule has 0 aliphatic carbocycles. The minimum atomic E-state index is 0.883. The summed E-state index contributed by atoms with van der Waals surface area (Å²) in [7, 11) is 4.43. The molecule has 17 heavy (non-hydrogen) atoms. The normalized spacial score (nSPS) is 17.1. The van der Waals surface area contributed by atoms with E-state index in [1.165, 1.54) is 45.1 Å². The van der Waals surface area contributed by atoms with Gasteiger partial charge in [0.25, 0.3) is 0 Å². The lowest BCUT2D eigenvalue weighted by Gasteiger charge is -2.30. The standard InChI is InChI=1S/C16H35N/c1-7-10-14(4)16(13-17(5)6)12-15(9-3)11-8-2/h14-16H,7-13H2,1-6H3. The molecule has 1 heteroatoms. The highest BCUT2D eigenvalue weighted by Gasteiger charge is 2.20. The molecule has 0 rings (SSSR count). The maximum Gasteiger partial charge on any atom is 0.000621 e. The lowest BCUT2D eigenvalue weighted by atomic mass is 9.80. The van der Waals surface area contributed by atoms with Gasteiger partial charge in [-0.2, -0.15) is 0 Å². The van der Waals surface area contributed by atoms with Gasteiger partial charge in [0.15, 0.2) is 0 Å². The van der Waals surface area contributed by atoms with Crippen molar-refractivity contribution in [3.05, 3.63) is 0 Å². The Hall–Kier alpha value is -0.0400. The quantitative estimate of drug-likeness (QED) is 0.530. The number of hydrogen-bond acceptors (Lipinski definition) is 1. The first-order valence-electron chi connectivity index (χ1n) is 7.69. The Morgan fingerprint density at radius 2 is 1.53 bits per heavy atom. The third kappa shape index (κ3) is 7.81. The summed E-state index contributed by atoms with van der Waals surface area (Å²) in [5, 5.41) is 0. The second-order valence-electron chi connectivity index (χ2n) is 6.09. The van der Waals surface area contributed by atoms with Crippen LogP contribution >= 0.6 is 0 Å². The lowest BCUT2D eigenvalue weighted by Crippen LogP contribution is -2.28. The Balaban J connectivity index is 4.33. The summed E-state index contributed by atoms with van der Waals surface area (Å²) < 4.78 is 0. The molecule has 3 unspecified atom stereocenters. The Morgan fingerprint density at radius 3 is 1.94 bits per heavy atom. The van der Waals surface area contributed by atoms with Crippen LogP contribution in [0.4, 0.5) is 0 Å². The second kappa shape index (κ2) is 9.94. The predicted molar refractivity (Wildman–Crippen MR) is 79.4 cm³/mol. The number of hydrogen-bond donors (Lipinski definition) is 0. The molecule has 0 amide bonds. The molecule has 0 saturated heterocycles. The molecule has 0 N–H and O–H groups in total. The summed E-state index contributed by atoms with van der Waals surface area (Å²) in [5.41, 5.74) is 0. The highest BCUT2D eigenvalue weighted by Crippen LogP contribution is 2.28. The molecule has 0 heterocycles. The highest BCUT2D eigenvalue weighted by molar-refractivity contribution is 4.73. The Bertz CT molecular complexity index is 165. The number of rotatable bonds is 10. The largest absolute Gasteiger partial charge is 0.309 e. The van der Waals surface area contributed by atoms with E-state index in [0.29, 0.717) is 0 Å². The van der Waals surface area contributed by atoms with Gasteiger partial charge in [0, 0.05) is 6.54 Å².